The molecule has 2 aromatic rings. The third kappa shape index (κ3) is 2.20. The van der Waals surface area contributed by atoms with Gasteiger partial charge in [0.15, 0.2) is 11.6 Å². The van der Waals surface area contributed by atoms with Crippen LogP contribution in [0.1, 0.15) is 23.3 Å². The highest BCUT2D eigenvalue weighted by Gasteiger charge is 2.27. The van der Waals surface area contributed by atoms with Gasteiger partial charge in [-0.05, 0) is 5.56 Å². The quantitative estimate of drug-likeness (QED) is 0.854. The molecule has 0 saturated heterocycles. The zero-order valence-corrected chi connectivity index (χ0v) is 11.8. The molecule has 0 radical (unpaired) electrons. The van der Waals surface area contributed by atoms with E-state index in [9.17, 15) is 0 Å². The average Bonchev–Trinajstić information content (AvgIpc) is 2.91. The van der Waals surface area contributed by atoms with Crippen molar-refractivity contribution < 1.29 is 4.74 Å². The van der Waals surface area contributed by atoms with Crippen LogP contribution in [0, 0.1) is 0 Å². The molecule has 1 aliphatic rings. The summed E-state index contributed by atoms with van der Waals surface area (Å²) in [5.41, 5.74) is 1.90. The summed E-state index contributed by atoms with van der Waals surface area (Å²) in [5, 5.41) is 4.53. The summed E-state index contributed by atoms with van der Waals surface area (Å²) in [4.78, 5) is 6.53. The topological polar surface area (TPSA) is 43.2 Å². The first-order valence-corrected chi connectivity index (χ1v) is 6.64. The number of benzene rings is 1. The number of hydrogen-bond donors (Lipinski definition) is 0. The van der Waals surface area contributed by atoms with Gasteiger partial charge < -0.3 is 9.64 Å². The molecule has 0 aliphatic carbocycles. The summed E-state index contributed by atoms with van der Waals surface area (Å²) >= 11 is 0. The summed E-state index contributed by atoms with van der Waals surface area (Å²) in [6.07, 6.45) is -0.152. The second-order valence-electron chi connectivity index (χ2n) is 5.02. The Morgan fingerprint density at radius 2 is 2.10 bits per heavy atom. The van der Waals surface area contributed by atoms with E-state index in [0.29, 0.717) is 12.4 Å². The van der Waals surface area contributed by atoms with Crippen LogP contribution < -0.4 is 0 Å². The first-order valence-electron chi connectivity index (χ1n) is 6.64. The van der Waals surface area contributed by atoms with Crippen LogP contribution in [0.15, 0.2) is 36.9 Å². The monoisotopic (exact) mass is 270 g/mol. The minimum absolute atomic E-state index is 0.152. The molecule has 1 aliphatic heterocycles. The molecular weight excluding hydrogens is 252 g/mol. The van der Waals surface area contributed by atoms with Gasteiger partial charge in [0, 0.05) is 14.1 Å². The van der Waals surface area contributed by atoms with Gasteiger partial charge in [-0.1, -0.05) is 36.9 Å². The van der Waals surface area contributed by atoms with Gasteiger partial charge in [-0.15, -0.1) is 5.10 Å². The highest BCUT2D eigenvalue weighted by Crippen LogP contribution is 2.28. The van der Waals surface area contributed by atoms with Crippen LogP contribution in [-0.2, 0) is 11.3 Å². The van der Waals surface area contributed by atoms with E-state index in [0.717, 1.165) is 23.6 Å². The van der Waals surface area contributed by atoms with E-state index >= 15 is 0 Å². The maximum atomic E-state index is 5.88. The summed E-state index contributed by atoms with van der Waals surface area (Å²) in [6.45, 7) is 5.38. The Morgan fingerprint density at radius 1 is 1.35 bits per heavy atom. The lowest BCUT2D eigenvalue weighted by atomic mass is 10.1. The van der Waals surface area contributed by atoms with Crippen LogP contribution in [0.2, 0.25) is 0 Å². The Labute approximate surface area is 118 Å². The highest BCUT2D eigenvalue weighted by molar-refractivity contribution is 5.54. The van der Waals surface area contributed by atoms with Crippen LogP contribution in [0.3, 0.4) is 0 Å². The lowest BCUT2D eigenvalue weighted by molar-refractivity contribution is 0.0390. The Morgan fingerprint density at radius 3 is 2.80 bits per heavy atom. The van der Waals surface area contributed by atoms with Gasteiger partial charge in [0.25, 0.3) is 0 Å². The lowest BCUT2D eigenvalue weighted by Gasteiger charge is -2.22. The van der Waals surface area contributed by atoms with Crippen LogP contribution in [0.4, 0.5) is 0 Å². The number of hydrogen-bond acceptors (Lipinski definition) is 4. The van der Waals surface area contributed by atoms with Crippen molar-refractivity contribution in [3.05, 3.63) is 54.1 Å². The molecule has 104 valence electrons. The molecule has 0 amide bonds. The van der Waals surface area contributed by atoms with Crippen molar-refractivity contribution in [1.29, 1.82) is 0 Å². The van der Waals surface area contributed by atoms with E-state index in [1.807, 2.05) is 41.9 Å². The van der Waals surface area contributed by atoms with Crippen molar-refractivity contribution in [2.45, 2.75) is 12.6 Å². The third-order valence-corrected chi connectivity index (χ3v) is 3.42. The Balaban J connectivity index is 1.99. The predicted octanol–water partition coefficient (Wildman–Crippen LogP) is 1.93. The molecule has 1 unspecified atom stereocenters. The Kier molecular flexibility index (Phi) is 3.28. The number of aromatic nitrogens is 3. The molecule has 0 spiro atoms. The van der Waals surface area contributed by atoms with Crippen LogP contribution in [0.5, 0.6) is 0 Å². The van der Waals surface area contributed by atoms with Crippen LogP contribution in [-0.4, -0.2) is 40.4 Å². The first-order chi connectivity index (χ1) is 9.66. The maximum Gasteiger partial charge on any atom is 0.197 e. The number of ether oxygens (including phenoxy) is 1. The molecule has 20 heavy (non-hydrogen) atoms. The van der Waals surface area contributed by atoms with Crippen molar-refractivity contribution in [3.63, 3.8) is 0 Å². The maximum absolute atomic E-state index is 5.88. The standard InChI is InChI=1S/C15H18N4O/c1-11(18(2)3)14-16-15-13(12-7-5-4-6-8-12)20-10-9-19(15)17-14/h4-8,13H,1,9-10H2,2-3H3. The number of fused-ring (bicyclic) bond motifs is 1. The summed E-state index contributed by atoms with van der Waals surface area (Å²) in [6, 6.07) is 10.1. The van der Waals surface area contributed by atoms with E-state index in [2.05, 4.69) is 28.8 Å². The van der Waals surface area contributed by atoms with Crippen molar-refractivity contribution >= 4 is 5.70 Å². The summed E-state index contributed by atoms with van der Waals surface area (Å²) in [7, 11) is 3.88. The fourth-order valence-corrected chi connectivity index (χ4v) is 2.24. The molecule has 0 bridgehead atoms. The molecule has 1 aromatic carbocycles. The molecule has 1 atom stereocenters. The van der Waals surface area contributed by atoms with E-state index in [1.165, 1.54) is 0 Å². The average molecular weight is 270 g/mol. The van der Waals surface area contributed by atoms with Gasteiger partial charge in [0.05, 0.1) is 18.8 Å². The first kappa shape index (κ1) is 12.9. The van der Waals surface area contributed by atoms with Gasteiger partial charge in [-0.25, -0.2) is 9.67 Å². The smallest absolute Gasteiger partial charge is 0.197 e. The lowest BCUT2D eigenvalue weighted by Crippen LogP contribution is -2.23. The largest absolute Gasteiger partial charge is 0.375 e. The SMILES string of the molecule is C=C(c1nc2n(n1)CCOC2c1ccccc1)N(C)C. The highest BCUT2D eigenvalue weighted by atomic mass is 16.5. The van der Waals surface area contributed by atoms with Crippen molar-refractivity contribution in [2.75, 3.05) is 20.7 Å². The van der Waals surface area contributed by atoms with Crippen molar-refractivity contribution in [3.8, 4) is 0 Å². The second kappa shape index (κ2) is 5.09. The van der Waals surface area contributed by atoms with Gasteiger partial charge in [-0.2, -0.15) is 0 Å². The zero-order valence-electron chi connectivity index (χ0n) is 11.8. The zero-order chi connectivity index (χ0) is 14.1. The molecule has 0 fully saturated rings. The van der Waals surface area contributed by atoms with Crippen LogP contribution >= 0.6 is 0 Å². The number of nitrogens with zero attached hydrogens (tertiary/aromatic N) is 4. The fraction of sp³-hybridized carbons (Fsp3) is 0.333. The Bertz CT molecular complexity index is 618. The molecular formula is C15H18N4O. The third-order valence-electron chi connectivity index (χ3n) is 3.42. The summed E-state index contributed by atoms with van der Waals surface area (Å²) in [5.74, 6) is 1.51. The van der Waals surface area contributed by atoms with Gasteiger partial charge in [0.1, 0.15) is 6.10 Å². The molecule has 5 nitrogen and oxygen atoms in total. The van der Waals surface area contributed by atoms with E-state index in [-0.39, 0.29) is 6.10 Å². The van der Waals surface area contributed by atoms with Crippen molar-refractivity contribution in [1.82, 2.24) is 19.7 Å². The van der Waals surface area contributed by atoms with Gasteiger partial charge >= 0.3 is 0 Å². The normalized spacial score (nSPS) is 17.6. The van der Waals surface area contributed by atoms with Gasteiger partial charge in [-0.3, -0.25) is 0 Å². The van der Waals surface area contributed by atoms with E-state index < -0.39 is 0 Å². The Hall–Kier alpha value is -2.14. The molecule has 0 saturated carbocycles. The molecule has 1 aromatic heterocycles. The summed E-state index contributed by atoms with van der Waals surface area (Å²) < 4.78 is 7.80. The van der Waals surface area contributed by atoms with E-state index in [1.54, 1.807) is 0 Å². The predicted molar refractivity (Wildman–Crippen MR) is 77.0 cm³/mol. The van der Waals surface area contributed by atoms with E-state index in [4.69, 9.17) is 4.74 Å². The molecule has 3 rings (SSSR count). The molecule has 2 heterocycles. The molecule has 0 N–H and O–H groups in total. The molecule has 5 heteroatoms. The second-order valence-corrected chi connectivity index (χ2v) is 5.02. The van der Waals surface area contributed by atoms with Crippen molar-refractivity contribution in [2.24, 2.45) is 0 Å². The minimum Gasteiger partial charge on any atom is -0.375 e. The van der Waals surface area contributed by atoms with Gasteiger partial charge in [0.2, 0.25) is 0 Å². The van der Waals surface area contributed by atoms with Crippen LogP contribution in [0.25, 0.3) is 5.70 Å². The number of rotatable bonds is 3. The fourth-order valence-electron chi connectivity index (χ4n) is 2.24. The minimum atomic E-state index is -0.152.